The van der Waals surface area contributed by atoms with Crippen LogP contribution in [0.25, 0.3) is 6.08 Å². The lowest BCUT2D eigenvalue weighted by molar-refractivity contribution is -0.116. The molecule has 1 N–H and O–H groups in total. The highest BCUT2D eigenvalue weighted by Gasteiger charge is 1.95. The lowest BCUT2D eigenvalue weighted by Crippen LogP contribution is -2.24. The smallest absolute Gasteiger partial charge is 0.244 e. The molecule has 1 rings (SSSR count). The Kier molecular flexibility index (Phi) is 7.35. The molecule has 0 unspecified atom stereocenters. The summed E-state index contributed by atoms with van der Waals surface area (Å²) >= 11 is 0. The third-order valence-electron chi connectivity index (χ3n) is 2.39. The van der Waals surface area contributed by atoms with Crippen molar-refractivity contribution in [1.29, 1.82) is 0 Å². The minimum Gasteiger partial charge on any atom is -0.494 e. The van der Waals surface area contributed by atoms with Crippen LogP contribution in [0, 0.1) is 0 Å². The van der Waals surface area contributed by atoms with Crippen molar-refractivity contribution in [2.24, 2.45) is 0 Å². The van der Waals surface area contributed by atoms with Gasteiger partial charge in [0, 0.05) is 19.7 Å². The number of nitrogens with one attached hydrogen (secondary N) is 1. The van der Waals surface area contributed by atoms with Crippen LogP contribution in [0.1, 0.15) is 18.9 Å². The Balaban J connectivity index is 2.41. The van der Waals surface area contributed by atoms with Crippen molar-refractivity contribution >= 4 is 12.0 Å². The van der Waals surface area contributed by atoms with Crippen LogP contribution >= 0.6 is 0 Å². The highest BCUT2D eigenvalue weighted by Crippen LogP contribution is 2.13. The third-order valence-corrected chi connectivity index (χ3v) is 2.39. The molecular formula is C15H21NO3. The van der Waals surface area contributed by atoms with Crippen LogP contribution in [-0.4, -0.2) is 32.8 Å². The van der Waals surface area contributed by atoms with Crippen LogP contribution in [0.15, 0.2) is 30.3 Å². The fourth-order valence-corrected chi connectivity index (χ4v) is 1.40. The Bertz CT molecular complexity index is 398. The zero-order chi connectivity index (χ0) is 13.9. The number of methoxy groups -OCH3 is 1. The third kappa shape index (κ3) is 6.62. The number of benzene rings is 1. The first-order chi connectivity index (χ1) is 9.26. The molecule has 0 aliphatic rings. The minimum atomic E-state index is -0.122. The van der Waals surface area contributed by atoms with E-state index in [1.54, 1.807) is 13.2 Å². The van der Waals surface area contributed by atoms with Crippen molar-refractivity contribution in [3.8, 4) is 5.75 Å². The number of amides is 1. The van der Waals surface area contributed by atoms with Gasteiger partial charge >= 0.3 is 0 Å². The Morgan fingerprint density at radius 2 is 2.00 bits per heavy atom. The van der Waals surface area contributed by atoms with Crippen LogP contribution in [0.5, 0.6) is 5.75 Å². The SMILES string of the molecule is CCCOc1ccc(C=CC(=O)NCCOC)cc1. The molecule has 0 heterocycles. The summed E-state index contributed by atoms with van der Waals surface area (Å²) in [6, 6.07) is 7.64. The maximum Gasteiger partial charge on any atom is 0.244 e. The molecule has 0 atom stereocenters. The van der Waals surface area contributed by atoms with Gasteiger partial charge in [-0.05, 0) is 30.2 Å². The highest BCUT2D eigenvalue weighted by molar-refractivity contribution is 5.91. The number of hydrogen-bond donors (Lipinski definition) is 1. The van der Waals surface area contributed by atoms with E-state index in [2.05, 4.69) is 12.2 Å². The van der Waals surface area contributed by atoms with Crippen LogP contribution in [-0.2, 0) is 9.53 Å². The summed E-state index contributed by atoms with van der Waals surface area (Å²) in [4.78, 5) is 11.4. The van der Waals surface area contributed by atoms with E-state index < -0.39 is 0 Å². The standard InChI is InChI=1S/C15H21NO3/c1-3-11-19-14-7-4-13(5-8-14)6-9-15(17)16-10-12-18-2/h4-9H,3,10-12H2,1-2H3,(H,16,17). The van der Waals surface area contributed by atoms with E-state index in [9.17, 15) is 4.79 Å². The first-order valence-electron chi connectivity index (χ1n) is 6.44. The van der Waals surface area contributed by atoms with Gasteiger partial charge in [0.1, 0.15) is 5.75 Å². The number of ether oxygens (including phenoxy) is 2. The van der Waals surface area contributed by atoms with E-state index in [1.807, 2.05) is 24.3 Å². The quantitative estimate of drug-likeness (QED) is 0.578. The average Bonchev–Trinajstić information content (AvgIpc) is 2.44. The fourth-order valence-electron chi connectivity index (χ4n) is 1.40. The topological polar surface area (TPSA) is 47.6 Å². The molecule has 4 heteroatoms. The maximum atomic E-state index is 11.4. The van der Waals surface area contributed by atoms with Gasteiger partial charge in [-0.25, -0.2) is 0 Å². The first kappa shape index (κ1) is 15.2. The fraction of sp³-hybridized carbons (Fsp3) is 0.400. The van der Waals surface area contributed by atoms with Crippen LogP contribution < -0.4 is 10.1 Å². The lowest BCUT2D eigenvalue weighted by atomic mass is 10.2. The van der Waals surface area contributed by atoms with Gasteiger partial charge in [-0.1, -0.05) is 19.1 Å². The summed E-state index contributed by atoms with van der Waals surface area (Å²) < 4.78 is 10.3. The summed E-state index contributed by atoms with van der Waals surface area (Å²) in [7, 11) is 1.60. The van der Waals surface area contributed by atoms with Crippen LogP contribution in [0.3, 0.4) is 0 Å². The molecule has 4 nitrogen and oxygen atoms in total. The minimum absolute atomic E-state index is 0.122. The van der Waals surface area contributed by atoms with Gasteiger partial charge in [0.15, 0.2) is 0 Å². The second-order valence-corrected chi connectivity index (χ2v) is 4.03. The molecule has 0 aliphatic heterocycles. The molecule has 1 amide bonds. The zero-order valence-corrected chi connectivity index (χ0v) is 11.5. The summed E-state index contributed by atoms with van der Waals surface area (Å²) in [5, 5.41) is 2.72. The van der Waals surface area contributed by atoms with Crippen molar-refractivity contribution in [1.82, 2.24) is 5.32 Å². The van der Waals surface area contributed by atoms with Crippen LogP contribution in [0.2, 0.25) is 0 Å². The molecule has 1 aromatic carbocycles. The van der Waals surface area contributed by atoms with Gasteiger partial charge in [0.2, 0.25) is 5.91 Å². The Hall–Kier alpha value is -1.81. The van der Waals surface area contributed by atoms with E-state index in [4.69, 9.17) is 9.47 Å². The van der Waals surface area contributed by atoms with E-state index in [1.165, 1.54) is 6.08 Å². The second kappa shape index (κ2) is 9.16. The van der Waals surface area contributed by atoms with Gasteiger partial charge < -0.3 is 14.8 Å². The van der Waals surface area contributed by atoms with Crippen molar-refractivity contribution in [3.05, 3.63) is 35.9 Å². The molecule has 0 spiro atoms. The van der Waals surface area contributed by atoms with Crippen molar-refractivity contribution < 1.29 is 14.3 Å². The van der Waals surface area contributed by atoms with Gasteiger partial charge in [0.25, 0.3) is 0 Å². The van der Waals surface area contributed by atoms with E-state index in [-0.39, 0.29) is 5.91 Å². The monoisotopic (exact) mass is 263 g/mol. The molecule has 0 fully saturated rings. The largest absolute Gasteiger partial charge is 0.494 e. The first-order valence-corrected chi connectivity index (χ1v) is 6.44. The molecule has 19 heavy (non-hydrogen) atoms. The van der Waals surface area contributed by atoms with E-state index >= 15 is 0 Å². The summed E-state index contributed by atoms with van der Waals surface area (Å²) in [5.74, 6) is 0.729. The van der Waals surface area contributed by atoms with E-state index in [0.29, 0.717) is 13.2 Å². The highest BCUT2D eigenvalue weighted by atomic mass is 16.5. The maximum absolute atomic E-state index is 11.4. The molecule has 1 aromatic rings. The summed E-state index contributed by atoms with van der Waals surface area (Å²) in [6.07, 6.45) is 4.27. The summed E-state index contributed by atoms with van der Waals surface area (Å²) in [6.45, 7) is 3.82. The predicted molar refractivity (Wildman–Crippen MR) is 76.1 cm³/mol. The van der Waals surface area contributed by atoms with E-state index in [0.717, 1.165) is 24.3 Å². The molecule has 0 aliphatic carbocycles. The Morgan fingerprint density at radius 3 is 2.63 bits per heavy atom. The number of carbonyl (C=O) groups excluding carboxylic acids is 1. The van der Waals surface area contributed by atoms with Crippen molar-refractivity contribution in [2.45, 2.75) is 13.3 Å². The van der Waals surface area contributed by atoms with Gasteiger partial charge in [-0.2, -0.15) is 0 Å². The van der Waals surface area contributed by atoms with Gasteiger partial charge in [0.05, 0.1) is 13.2 Å². The molecule has 0 bridgehead atoms. The Morgan fingerprint density at radius 1 is 1.26 bits per heavy atom. The average molecular weight is 263 g/mol. The van der Waals surface area contributed by atoms with Gasteiger partial charge in [-0.3, -0.25) is 4.79 Å². The molecule has 0 saturated heterocycles. The van der Waals surface area contributed by atoms with Crippen LogP contribution in [0.4, 0.5) is 0 Å². The lowest BCUT2D eigenvalue weighted by Gasteiger charge is -2.04. The Labute approximate surface area is 114 Å². The molecule has 0 radical (unpaired) electrons. The summed E-state index contributed by atoms with van der Waals surface area (Å²) in [5.41, 5.74) is 0.964. The second-order valence-electron chi connectivity index (χ2n) is 4.03. The predicted octanol–water partition coefficient (Wildman–Crippen LogP) is 2.25. The molecular weight excluding hydrogens is 242 g/mol. The normalized spacial score (nSPS) is 10.6. The molecule has 104 valence electrons. The molecule has 0 saturated carbocycles. The van der Waals surface area contributed by atoms with Gasteiger partial charge in [-0.15, -0.1) is 0 Å². The van der Waals surface area contributed by atoms with Crippen molar-refractivity contribution in [3.63, 3.8) is 0 Å². The molecule has 0 aromatic heterocycles. The van der Waals surface area contributed by atoms with Crippen molar-refractivity contribution in [2.75, 3.05) is 26.9 Å². The number of carbonyl (C=O) groups is 1. The number of rotatable bonds is 8. The zero-order valence-electron chi connectivity index (χ0n) is 11.5. The number of hydrogen-bond acceptors (Lipinski definition) is 3.